The number of anilines is 1. The van der Waals surface area contributed by atoms with Crippen LogP contribution in [0.1, 0.15) is 25.3 Å². The normalized spacial score (nSPS) is 11.6. The van der Waals surface area contributed by atoms with Crippen LogP contribution in [-0.4, -0.2) is 28.2 Å². The molecule has 0 saturated carbocycles. The first-order valence-electron chi connectivity index (χ1n) is 6.43. The maximum atomic E-state index is 11.8. The lowest BCUT2D eigenvalue weighted by molar-refractivity contribution is 0.133. The van der Waals surface area contributed by atoms with Gasteiger partial charge in [-0.1, -0.05) is 19.1 Å². The van der Waals surface area contributed by atoms with Crippen LogP contribution < -0.4 is 10.5 Å². The van der Waals surface area contributed by atoms with Gasteiger partial charge in [0.05, 0.1) is 5.75 Å². The maximum absolute atomic E-state index is 11.8. The van der Waals surface area contributed by atoms with E-state index in [0.29, 0.717) is 30.8 Å². The zero-order valence-electron chi connectivity index (χ0n) is 11.3. The van der Waals surface area contributed by atoms with E-state index in [2.05, 4.69) is 4.72 Å². The summed E-state index contributed by atoms with van der Waals surface area (Å²) in [5.41, 5.74) is 6.87. The molecule has 0 fully saturated rings. The summed E-state index contributed by atoms with van der Waals surface area (Å²) in [6.07, 6.45) is 1.65. The van der Waals surface area contributed by atoms with E-state index in [9.17, 15) is 8.42 Å². The van der Waals surface area contributed by atoms with Crippen LogP contribution in [0.5, 0.6) is 0 Å². The highest BCUT2D eigenvalue weighted by Gasteiger charge is 2.10. The van der Waals surface area contributed by atoms with Crippen LogP contribution in [0.15, 0.2) is 24.3 Å². The SMILES string of the molecule is CCCOCCCNS(=O)(=O)Cc1cccc(N)c1. The summed E-state index contributed by atoms with van der Waals surface area (Å²) < 4.78 is 31.5. The van der Waals surface area contributed by atoms with Gasteiger partial charge in [-0.05, 0) is 30.5 Å². The molecule has 0 atom stereocenters. The highest BCUT2D eigenvalue weighted by atomic mass is 32.2. The molecule has 3 N–H and O–H groups in total. The Morgan fingerprint density at radius 1 is 1.32 bits per heavy atom. The minimum absolute atomic E-state index is 0.0478. The van der Waals surface area contributed by atoms with Crippen LogP contribution in [-0.2, 0) is 20.5 Å². The highest BCUT2D eigenvalue weighted by molar-refractivity contribution is 7.88. The molecular weight excluding hydrogens is 264 g/mol. The molecule has 1 aromatic rings. The van der Waals surface area contributed by atoms with Crippen molar-refractivity contribution in [1.29, 1.82) is 0 Å². The maximum Gasteiger partial charge on any atom is 0.215 e. The first kappa shape index (κ1) is 15.9. The van der Waals surface area contributed by atoms with Gasteiger partial charge in [-0.25, -0.2) is 13.1 Å². The molecule has 0 aliphatic rings. The molecule has 19 heavy (non-hydrogen) atoms. The van der Waals surface area contributed by atoms with Crippen LogP contribution in [0, 0.1) is 0 Å². The van der Waals surface area contributed by atoms with Crippen molar-refractivity contribution in [2.45, 2.75) is 25.5 Å². The molecule has 0 spiro atoms. The monoisotopic (exact) mass is 286 g/mol. The van der Waals surface area contributed by atoms with Crippen LogP contribution in [0.3, 0.4) is 0 Å². The number of nitrogens with two attached hydrogens (primary N) is 1. The van der Waals surface area contributed by atoms with E-state index in [1.807, 2.05) is 6.92 Å². The van der Waals surface area contributed by atoms with Gasteiger partial charge in [-0.2, -0.15) is 0 Å². The van der Waals surface area contributed by atoms with E-state index < -0.39 is 10.0 Å². The first-order valence-corrected chi connectivity index (χ1v) is 8.08. The fourth-order valence-corrected chi connectivity index (χ4v) is 2.78. The number of nitrogen functional groups attached to an aromatic ring is 1. The Bertz CT molecular complexity index is 475. The average molecular weight is 286 g/mol. The van der Waals surface area contributed by atoms with Gasteiger partial charge in [-0.15, -0.1) is 0 Å². The van der Waals surface area contributed by atoms with Crippen LogP contribution >= 0.6 is 0 Å². The van der Waals surface area contributed by atoms with Crippen molar-refractivity contribution >= 4 is 15.7 Å². The lowest BCUT2D eigenvalue weighted by Crippen LogP contribution is -2.27. The Kier molecular flexibility index (Phi) is 6.83. The molecule has 0 aliphatic heterocycles. The molecule has 0 aliphatic carbocycles. The molecule has 108 valence electrons. The second kappa shape index (κ2) is 8.14. The topological polar surface area (TPSA) is 81.4 Å². The van der Waals surface area contributed by atoms with Crippen molar-refractivity contribution in [2.24, 2.45) is 0 Å². The summed E-state index contributed by atoms with van der Waals surface area (Å²) in [6.45, 7) is 3.73. The average Bonchev–Trinajstić information content (AvgIpc) is 2.33. The molecule has 1 rings (SSSR count). The number of sulfonamides is 1. The van der Waals surface area contributed by atoms with Crippen LogP contribution in [0.4, 0.5) is 5.69 Å². The standard InChI is InChI=1S/C13H22N2O3S/c1-2-8-18-9-4-7-15-19(16,17)11-12-5-3-6-13(14)10-12/h3,5-6,10,15H,2,4,7-9,11,14H2,1H3. The molecule has 1 aromatic carbocycles. The van der Waals surface area contributed by atoms with E-state index in [1.54, 1.807) is 24.3 Å². The summed E-state index contributed by atoms with van der Waals surface area (Å²) >= 11 is 0. The van der Waals surface area contributed by atoms with Gasteiger partial charge in [0.25, 0.3) is 0 Å². The number of hydrogen-bond donors (Lipinski definition) is 2. The van der Waals surface area contributed by atoms with Crippen molar-refractivity contribution in [3.05, 3.63) is 29.8 Å². The molecule has 0 saturated heterocycles. The largest absolute Gasteiger partial charge is 0.399 e. The molecule has 0 aromatic heterocycles. The minimum Gasteiger partial charge on any atom is -0.399 e. The van der Waals surface area contributed by atoms with Gasteiger partial charge in [0.1, 0.15) is 0 Å². The molecule has 0 amide bonds. The minimum atomic E-state index is -3.31. The molecule has 6 heteroatoms. The molecule has 0 radical (unpaired) electrons. The zero-order chi connectivity index (χ0) is 14.1. The number of hydrogen-bond acceptors (Lipinski definition) is 4. The number of rotatable bonds is 9. The lowest BCUT2D eigenvalue weighted by atomic mass is 10.2. The van der Waals surface area contributed by atoms with E-state index in [0.717, 1.165) is 13.0 Å². The van der Waals surface area contributed by atoms with Crippen molar-refractivity contribution in [3.8, 4) is 0 Å². The number of nitrogens with one attached hydrogen (secondary N) is 1. The first-order chi connectivity index (χ1) is 9.03. The third-order valence-electron chi connectivity index (χ3n) is 2.44. The predicted octanol–water partition coefficient (Wildman–Crippen LogP) is 1.50. The molecule has 5 nitrogen and oxygen atoms in total. The van der Waals surface area contributed by atoms with E-state index in [4.69, 9.17) is 10.5 Å². The van der Waals surface area contributed by atoms with Gasteiger partial charge in [-0.3, -0.25) is 0 Å². The summed E-state index contributed by atoms with van der Waals surface area (Å²) in [4.78, 5) is 0. The lowest BCUT2D eigenvalue weighted by Gasteiger charge is -2.07. The van der Waals surface area contributed by atoms with Crippen LogP contribution in [0.25, 0.3) is 0 Å². The van der Waals surface area contributed by atoms with Crippen molar-refractivity contribution in [3.63, 3.8) is 0 Å². The molecule has 0 unspecified atom stereocenters. The molecule has 0 heterocycles. The fraction of sp³-hybridized carbons (Fsp3) is 0.538. The quantitative estimate of drug-likeness (QED) is 0.532. The molecule has 0 bridgehead atoms. The third kappa shape index (κ3) is 7.15. The second-order valence-corrected chi connectivity index (χ2v) is 6.17. The Morgan fingerprint density at radius 3 is 2.79 bits per heavy atom. The number of ether oxygens (including phenoxy) is 1. The Morgan fingerprint density at radius 2 is 2.11 bits per heavy atom. The third-order valence-corrected chi connectivity index (χ3v) is 3.80. The smallest absolute Gasteiger partial charge is 0.215 e. The van der Waals surface area contributed by atoms with E-state index >= 15 is 0 Å². The van der Waals surface area contributed by atoms with Gasteiger partial charge in [0, 0.05) is 25.4 Å². The van der Waals surface area contributed by atoms with Gasteiger partial charge in [0.15, 0.2) is 0 Å². The Balaban J connectivity index is 2.32. The van der Waals surface area contributed by atoms with Crippen molar-refractivity contribution in [2.75, 3.05) is 25.5 Å². The second-order valence-electron chi connectivity index (χ2n) is 4.36. The summed E-state index contributed by atoms with van der Waals surface area (Å²) in [7, 11) is -3.31. The summed E-state index contributed by atoms with van der Waals surface area (Å²) in [6, 6.07) is 6.90. The van der Waals surface area contributed by atoms with Crippen LogP contribution in [0.2, 0.25) is 0 Å². The van der Waals surface area contributed by atoms with E-state index in [1.165, 1.54) is 0 Å². The summed E-state index contributed by atoms with van der Waals surface area (Å²) in [5, 5.41) is 0. The predicted molar refractivity (Wildman–Crippen MR) is 77.2 cm³/mol. The van der Waals surface area contributed by atoms with Gasteiger partial charge >= 0.3 is 0 Å². The fourth-order valence-electron chi connectivity index (χ4n) is 1.60. The Hall–Kier alpha value is -1.11. The van der Waals surface area contributed by atoms with Gasteiger partial charge < -0.3 is 10.5 Å². The Labute approximate surface area is 115 Å². The van der Waals surface area contributed by atoms with Crippen molar-refractivity contribution < 1.29 is 13.2 Å². The molecular formula is C13H22N2O3S. The van der Waals surface area contributed by atoms with Gasteiger partial charge in [0.2, 0.25) is 10.0 Å². The number of benzene rings is 1. The van der Waals surface area contributed by atoms with E-state index in [-0.39, 0.29) is 5.75 Å². The zero-order valence-corrected chi connectivity index (χ0v) is 12.1. The summed E-state index contributed by atoms with van der Waals surface area (Å²) in [5.74, 6) is -0.0478. The van der Waals surface area contributed by atoms with Crippen molar-refractivity contribution in [1.82, 2.24) is 4.72 Å². The highest BCUT2D eigenvalue weighted by Crippen LogP contribution is 2.09.